The smallest absolute Gasteiger partial charge is 0.137 e. The Morgan fingerprint density at radius 3 is 2.64 bits per heavy atom. The predicted octanol–water partition coefficient (Wildman–Crippen LogP) is 4.89. The lowest BCUT2D eigenvalue weighted by Gasteiger charge is -2.11. The van der Waals surface area contributed by atoms with Gasteiger partial charge >= 0.3 is 0 Å². The average molecular weight is 327 g/mol. The van der Waals surface area contributed by atoms with Gasteiger partial charge in [-0.15, -0.1) is 0 Å². The second kappa shape index (κ2) is 6.89. The van der Waals surface area contributed by atoms with E-state index in [2.05, 4.69) is 70.4 Å². The molecule has 0 aliphatic heterocycles. The number of aromatic amines is 1. The van der Waals surface area contributed by atoms with Crippen molar-refractivity contribution in [3.63, 3.8) is 0 Å². The maximum absolute atomic E-state index is 4.68. The number of aromatic nitrogens is 3. The molecule has 3 heteroatoms. The molecule has 3 heterocycles. The van der Waals surface area contributed by atoms with E-state index in [4.69, 9.17) is 0 Å². The molecular weight excluding hydrogens is 306 g/mol. The van der Waals surface area contributed by atoms with Crippen LogP contribution in [0.5, 0.6) is 0 Å². The Labute approximate surface area is 147 Å². The van der Waals surface area contributed by atoms with Crippen LogP contribution in [0.3, 0.4) is 0 Å². The van der Waals surface area contributed by atoms with Crippen LogP contribution in [0, 0.1) is 0 Å². The van der Waals surface area contributed by atoms with Crippen LogP contribution in [0.2, 0.25) is 0 Å². The number of pyridine rings is 2. The van der Waals surface area contributed by atoms with E-state index in [-0.39, 0.29) is 0 Å². The Balaban J connectivity index is 1.47. The highest BCUT2D eigenvalue weighted by Gasteiger charge is 2.08. The molecule has 0 aliphatic carbocycles. The molecule has 4 aromatic rings. The zero-order valence-electron chi connectivity index (χ0n) is 14.3. The number of hydrogen-bond acceptors (Lipinski definition) is 2. The summed E-state index contributed by atoms with van der Waals surface area (Å²) in [4.78, 5) is 12.3. The summed E-state index contributed by atoms with van der Waals surface area (Å²) < 4.78 is 0. The topological polar surface area (TPSA) is 41.6 Å². The molecule has 124 valence electrons. The van der Waals surface area contributed by atoms with E-state index < -0.39 is 0 Å². The van der Waals surface area contributed by atoms with Crippen LogP contribution in [-0.4, -0.2) is 15.0 Å². The SMILES string of the molecule is C[C@@H](Cc1ccc(Cc2c[nH]c3ncccc23)cn1)c1ccccc1. The summed E-state index contributed by atoms with van der Waals surface area (Å²) in [5.41, 5.74) is 5.93. The quantitative estimate of drug-likeness (QED) is 0.567. The van der Waals surface area contributed by atoms with E-state index in [0.29, 0.717) is 5.92 Å². The maximum Gasteiger partial charge on any atom is 0.137 e. The van der Waals surface area contributed by atoms with E-state index in [9.17, 15) is 0 Å². The molecule has 0 saturated carbocycles. The van der Waals surface area contributed by atoms with Gasteiger partial charge < -0.3 is 4.98 Å². The van der Waals surface area contributed by atoms with Gasteiger partial charge in [-0.3, -0.25) is 4.98 Å². The minimum atomic E-state index is 0.472. The number of benzene rings is 1. The normalized spacial score (nSPS) is 12.4. The van der Waals surface area contributed by atoms with Crippen molar-refractivity contribution in [2.24, 2.45) is 0 Å². The first-order chi connectivity index (χ1) is 12.3. The van der Waals surface area contributed by atoms with E-state index in [0.717, 1.165) is 24.2 Å². The van der Waals surface area contributed by atoms with Crippen LogP contribution in [0.4, 0.5) is 0 Å². The minimum Gasteiger partial charge on any atom is -0.346 e. The van der Waals surface area contributed by atoms with Crippen molar-refractivity contribution in [3.05, 3.63) is 95.6 Å². The van der Waals surface area contributed by atoms with Gasteiger partial charge in [-0.2, -0.15) is 0 Å². The van der Waals surface area contributed by atoms with Crippen molar-refractivity contribution in [1.29, 1.82) is 0 Å². The lowest BCUT2D eigenvalue weighted by atomic mass is 9.96. The van der Waals surface area contributed by atoms with E-state index >= 15 is 0 Å². The van der Waals surface area contributed by atoms with Crippen LogP contribution in [0.15, 0.2) is 73.2 Å². The van der Waals surface area contributed by atoms with Gasteiger partial charge in [-0.1, -0.05) is 43.3 Å². The molecule has 0 saturated heterocycles. The molecule has 0 bridgehead atoms. The summed E-state index contributed by atoms with van der Waals surface area (Å²) in [6, 6.07) is 19.1. The number of nitrogens with zero attached hydrogens (tertiary/aromatic N) is 2. The Morgan fingerprint density at radius 1 is 0.960 bits per heavy atom. The van der Waals surface area contributed by atoms with E-state index in [1.54, 1.807) is 0 Å². The van der Waals surface area contributed by atoms with E-state index in [1.807, 2.05) is 24.7 Å². The van der Waals surface area contributed by atoms with Gasteiger partial charge in [0.1, 0.15) is 5.65 Å². The van der Waals surface area contributed by atoms with E-state index in [1.165, 1.54) is 22.1 Å². The van der Waals surface area contributed by atoms with Gasteiger partial charge in [0.25, 0.3) is 0 Å². The van der Waals surface area contributed by atoms with Crippen molar-refractivity contribution in [3.8, 4) is 0 Å². The third-order valence-electron chi connectivity index (χ3n) is 4.70. The lowest BCUT2D eigenvalue weighted by Crippen LogP contribution is -2.01. The molecule has 0 radical (unpaired) electrons. The number of rotatable bonds is 5. The molecule has 1 aromatic carbocycles. The molecule has 0 unspecified atom stereocenters. The van der Waals surface area contributed by atoms with Gasteiger partial charge in [0.15, 0.2) is 0 Å². The van der Waals surface area contributed by atoms with Crippen molar-refractivity contribution in [1.82, 2.24) is 15.0 Å². The highest BCUT2D eigenvalue weighted by molar-refractivity contribution is 5.79. The van der Waals surface area contributed by atoms with Crippen molar-refractivity contribution in [2.45, 2.75) is 25.7 Å². The molecule has 25 heavy (non-hydrogen) atoms. The van der Waals surface area contributed by atoms with Gasteiger partial charge in [-0.25, -0.2) is 4.98 Å². The van der Waals surface area contributed by atoms with Crippen LogP contribution in [0.1, 0.15) is 35.2 Å². The summed E-state index contributed by atoms with van der Waals surface area (Å²) >= 11 is 0. The summed E-state index contributed by atoms with van der Waals surface area (Å²) in [5, 5.41) is 1.18. The largest absolute Gasteiger partial charge is 0.346 e. The highest BCUT2D eigenvalue weighted by atomic mass is 14.8. The van der Waals surface area contributed by atoms with Gasteiger partial charge in [0.05, 0.1) is 0 Å². The number of H-pyrrole nitrogens is 1. The summed E-state index contributed by atoms with van der Waals surface area (Å²) in [7, 11) is 0. The molecule has 4 rings (SSSR count). The Kier molecular flexibility index (Phi) is 4.30. The van der Waals surface area contributed by atoms with Crippen LogP contribution >= 0.6 is 0 Å². The third kappa shape index (κ3) is 3.45. The molecule has 0 fully saturated rings. The van der Waals surface area contributed by atoms with Crippen LogP contribution in [0.25, 0.3) is 11.0 Å². The molecule has 3 nitrogen and oxygen atoms in total. The fourth-order valence-electron chi connectivity index (χ4n) is 3.27. The molecular formula is C22H21N3. The minimum absolute atomic E-state index is 0.472. The number of fused-ring (bicyclic) bond motifs is 1. The fourth-order valence-corrected chi connectivity index (χ4v) is 3.27. The molecule has 0 aliphatic rings. The summed E-state index contributed by atoms with van der Waals surface area (Å²) in [6.45, 7) is 2.25. The van der Waals surface area contributed by atoms with Gasteiger partial charge in [0, 0.05) is 36.1 Å². The Bertz CT molecular complexity index is 955. The predicted molar refractivity (Wildman–Crippen MR) is 102 cm³/mol. The van der Waals surface area contributed by atoms with Crippen molar-refractivity contribution in [2.75, 3.05) is 0 Å². The molecule has 1 atom stereocenters. The summed E-state index contributed by atoms with van der Waals surface area (Å²) in [6.07, 6.45) is 7.69. The van der Waals surface area contributed by atoms with Gasteiger partial charge in [0.2, 0.25) is 0 Å². The Hall–Kier alpha value is -2.94. The second-order valence-electron chi connectivity index (χ2n) is 6.56. The number of nitrogens with one attached hydrogen (secondary N) is 1. The monoisotopic (exact) mass is 327 g/mol. The first kappa shape index (κ1) is 15.6. The zero-order valence-corrected chi connectivity index (χ0v) is 14.3. The standard InChI is InChI=1S/C22H21N3/c1-16(18-6-3-2-4-7-18)12-20-10-9-17(14-24-20)13-19-15-25-22-21(19)8-5-11-23-22/h2-11,14-16H,12-13H2,1H3,(H,23,25)/t16-/m0/s1. The molecule has 1 N–H and O–H groups in total. The zero-order chi connectivity index (χ0) is 17.1. The van der Waals surface area contributed by atoms with Gasteiger partial charge in [-0.05, 0) is 47.2 Å². The molecule has 0 amide bonds. The molecule has 0 spiro atoms. The third-order valence-corrected chi connectivity index (χ3v) is 4.70. The first-order valence-electron chi connectivity index (χ1n) is 8.69. The highest BCUT2D eigenvalue weighted by Crippen LogP contribution is 2.21. The Morgan fingerprint density at radius 2 is 1.84 bits per heavy atom. The average Bonchev–Trinajstić information content (AvgIpc) is 3.07. The fraction of sp³-hybridized carbons (Fsp3) is 0.182. The number of hydrogen-bond donors (Lipinski definition) is 1. The van der Waals surface area contributed by atoms with Crippen LogP contribution in [-0.2, 0) is 12.8 Å². The summed E-state index contributed by atoms with van der Waals surface area (Å²) in [5.74, 6) is 0.472. The van der Waals surface area contributed by atoms with Crippen molar-refractivity contribution >= 4 is 11.0 Å². The second-order valence-corrected chi connectivity index (χ2v) is 6.56. The first-order valence-corrected chi connectivity index (χ1v) is 8.69. The maximum atomic E-state index is 4.68. The van der Waals surface area contributed by atoms with Crippen LogP contribution < -0.4 is 0 Å². The molecule has 3 aromatic heterocycles. The van der Waals surface area contributed by atoms with Crippen molar-refractivity contribution < 1.29 is 0 Å². The lowest BCUT2D eigenvalue weighted by molar-refractivity contribution is 0.740.